The van der Waals surface area contributed by atoms with Crippen LogP contribution in [0.25, 0.3) is 0 Å². The molecule has 20 heavy (non-hydrogen) atoms. The third-order valence-corrected chi connectivity index (χ3v) is 5.78. The van der Waals surface area contributed by atoms with E-state index in [0.717, 1.165) is 11.8 Å². The second-order valence-corrected chi connectivity index (χ2v) is 8.10. The van der Waals surface area contributed by atoms with Gasteiger partial charge < -0.3 is 5.32 Å². The van der Waals surface area contributed by atoms with E-state index >= 15 is 0 Å². The Kier molecular flexibility index (Phi) is 3.46. The molecule has 0 unspecified atom stereocenters. The van der Waals surface area contributed by atoms with E-state index in [1.54, 1.807) is 18.2 Å². The summed E-state index contributed by atoms with van der Waals surface area (Å²) >= 11 is 0. The van der Waals surface area contributed by atoms with Crippen LogP contribution in [0.4, 0.5) is 5.69 Å². The molecule has 108 valence electrons. The highest BCUT2D eigenvalue weighted by molar-refractivity contribution is 7.92. The summed E-state index contributed by atoms with van der Waals surface area (Å²) in [6.07, 6.45) is 1.99. The lowest BCUT2D eigenvalue weighted by Gasteiger charge is -2.22. The maximum Gasteiger partial charge on any atom is 0.224 e. The van der Waals surface area contributed by atoms with E-state index in [4.69, 9.17) is 0 Å². The Morgan fingerprint density at radius 3 is 2.50 bits per heavy atom. The third-order valence-electron chi connectivity index (χ3n) is 3.74. The van der Waals surface area contributed by atoms with Crippen LogP contribution < -0.4 is 5.32 Å². The highest BCUT2D eigenvalue weighted by Crippen LogP contribution is 2.27. The number of nitrogens with one attached hydrogen (secondary N) is 1. The van der Waals surface area contributed by atoms with Crippen molar-refractivity contribution in [2.45, 2.75) is 31.4 Å². The van der Waals surface area contributed by atoms with Crippen molar-refractivity contribution < 1.29 is 18.0 Å². The Hall–Kier alpha value is -1.69. The summed E-state index contributed by atoms with van der Waals surface area (Å²) in [5.41, 5.74) is 1.91. The average molecular weight is 295 g/mol. The monoisotopic (exact) mass is 295 g/mol. The predicted octanol–water partition coefficient (Wildman–Crippen LogP) is 1.58. The fourth-order valence-corrected chi connectivity index (χ4v) is 2.50. The molecule has 0 atom stereocenters. The van der Waals surface area contributed by atoms with E-state index in [1.165, 1.54) is 13.8 Å². The number of hydrogen-bond donors (Lipinski definition) is 1. The number of fused-ring (bicyclic) bond motifs is 1. The normalized spacial score (nSPS) is 15.4. The molecule has 1 aliphatic rings. The Morgan fingerprint density at radius 2 is 1.90 bits per heavy atom. The van der Waals surface area contributed by atoms with Crippen molar-refractivity contribution in [1.29, 1.82) is 0 Å². The number of amides is 1. The van der Waals surface area contributed by atoms with Crippen molar-refractivity contribution in [3.05, 3.63) is 29.3 Å². The molecule has 1 aromatic carbocycles. The summed E-state index contributed by atoms with van der Waals surface area (Å²) in [4.78, 5) is 23.7. The first kappa shape index (κ1) is 14.7. The van der Waals surface area contributed by atoms with Crippen molar-refractivity contribution in [3.63, 3.8) is 0 Å². The first-order valence-electron chi connectivity index (χ1n) is 6.30. The van der Waals surface area contributed by atoms with Gasteiger partial charge in [0.1, 0.15) is 4.75 Å². The lowest BCUT2D eigenvalue weighted by atomic mass is 9.95. The first-order chi connectivity index (χ1) is 9.13. The van der Waals surface area contributed by atoms with Crippen LogP contribution in [-0.4, -0.2) is 31.1 Å². The molecule has 0 fully saturated rings. The van der Waals surface area contributed by atoms with Gasteiger partial charge in [-0.25, -0.2) is 8.42 Å². The molecule has 0 spiro atoms. The summed E-state index contributed by atoms with van der Waals surface area (Å²) < 4.78 is 22.0. The zero-order chi connectivity index (χ0) is 15.1. The van der Waals surface area contributed by atoms with Gasteiger partial charge in [0.15, 0.2) is 15.6 Å². The SMILES string of the molecule is CC(C)(C(=O)c1ccc2c(c1)CCC(=O)N2)S(C)(=O)=O. The molecule has 5 nitrogen and oxygen atoms in total. The zero-order valence-electron chi connectivity index (χ0n) is 11.7. The van der Waals surface area contributed by atoms with Gasteiger partial charge in [-0.15, -0.1) is 0 Å². The van der Waals surface area contributed by atoms with Crippen LogP contribution in [0.1, 0.15) is 36.2 Å². The molecule has 1 aliphatic heterocycles. The largest absolute Gasteiger partial charge is 0.326 e. The minimum atomic E-state index is -3.50. The van der Waals surface area contributed by atoms with Gasteiger partial charge in [-0.2, -0.15) is 0 Å². The average Bonchev–Trinajstić information content (AvgIpc) is 2.35. The Bertz CT molecular complexity index is 689. The molecule has 0 saturated carbocycles. The van der Waals surface area contributed by atoms with E-state index in [0.29, 0.717) is 24.1 Å². The Morgan fingerprint density at radius 1 is 1.25 bits per heavy atom. The van der Waals surface area contributed by atoms with Crippen LogP contribution in [0.3, 0.4) is 0 Å². The number of carbonyl (C=O) groups is 2. The molecule has 1 aromatic rings. The maximum absolute atomic E-state index is 12.4. The van der Waals surface area contributed by atoms with Crippen molar-refractivity contribution in [2.24, 2.45) is 0 Å². The van der Waals surface area contributed by atoms with Crippen molar-refractivity contribution in [1.82, 2.24) is 0 Å². The fraction of sp³-hybridized carbons (Fsp3) is 0.429. The van der Waals surface area contributed by atoms with E-state index in [1.807, 2.05) is 0 Å². The van der Waals surface area contributed by atoms with Crippen molar-refractivity contribution in [2.75, 3.05) is 11.6 Å². The maximum atomic E-state index is 12.4. The quantitative estimate of drug-likeness (QED) is 0.858. The molecule has 1 heterocycles. The van der Waals surface area contributed by atoms with Gasteiger partial charge in [-0.1, -0.05) is 0 Å². The Labute approximate surface area is 118 Å². The minimum Gasteiger partial charge on any atom is -0.326 e. The number of carbonyl (C=O) groups excluding carboxylic acids is 2. The number of hydrogen-bond acceptors (Lipinski definition) is 4. The van der Waals surface area contributed by atoms with Crippen LogP contribution in [0.2, 0.25) is 0 Å². The smallest absolute Gasteiger partial charge is 0.224 e. The lowest BCUT2D eigenvalue weighted by Crippen LogP contribution is -2.40. The van der Waals surface area contributed by atoms with Gasteiger partial charge in [0.2, 0.25) is 5.91 Å². The first-order valence-corrected chi connectivity index (χ1v) is 8.19. The zero-order valence-corrected chi connectivity index (χ0v) is 12.5. The molecule has 0 aromatic heterocycles. The highest BCUT2D eigenvalue weighted by Gasteiger charge is 2.39. The van der Waals surface area contributed by atoms with Gasteiger partial charge in [0.05, 0.1) is 0 Å². The summed E-state index contributed by atoms with van der Waals surface area (Å²) in [6.45, 7) is 2.82. The topological polar surface area (TPSA) is 80.3 Å². The van der Waals surface area contributed by atoms with Crippen LogP contribution >= 0.6 is 0 Å². The number of aryl methyl sites for hydroxylation is 1. The predicted molar refractivity (Wildman–Crippen MR) is 76.6 cm³/mol. The van der Waals surface area contributed by atoms with Crippen LogP contribution in [0, 0.1) is 0 Å². The molecule has 0 bridgehead atoms. The number of benzene rings is 1. The highest BCUT2D eigenvalue weighted by atomic mass is 32.2. The lowest BCUT2D eigenvalue weighted by molar-refractivity contribution is -0.116. The van der Waals surface area contributed by atoms with E-state index in [-0.39, 0.29) is 5.91 Å². The van der Waals surface area contributed by atoms with Gasteiger partial charge >= 0.3 is 0 Å². The van der Waals surface area contributed by atoms with Gasteiger partial charge in [0, 0.05) is 23.9 Å². The molecule has 1 amide bonds. The Balaban J connectivity index is 2.40. The number of ketones is 1. The number of sulfone groups is 1. The molecule has 0 aliphatic carbocycles. The van der Waals surface area contributed by atoms with E-state index in [2.05, 4.69) is 5.32 Å². The van der Waals surface area contributed by atoms with Gasteiger partial charge in [-0.3, -0.25) is 9.59 Å². The molecular formula is C14H17NO4S. The van der Waals surface area contributed by atoms with Crippen LogP contribution in [0.15, 0.2) is 18.2 Å². The molecule has 0 saturated heterocycles. The summed E-state index contributed by atoms with van der Waals surface area (Å²) in [5, 5.41) is 2.73. The van der Waals surface area contributed by atoms with Crippen LogP contribution in [-0.2, 0) is 21.1 Å². The molecule has 1 N–H and O–H groups in total. The van der Waals surface area contributed by atoms with Crippen LogP contribution in [0.5, 0.6) is 0 Å². The summed E-state index contributed by atoms with van der Waals surface area (Å²) in [6, 6.07) is 4.88. The number of rotatable bonds is 3. The van der Waals surface area contributed by atoms with E-state index < -0.39 is 20.4 Å². The minimum absolute atomic E-state index is 0.0481. The standard InChI is InChI=1S/C14H17NO4S/c1-14(2,20(3,18)19)13(17)10-4-6-11-9(8-10)5-7-12(16)15-11/h4,6,8H,5,7H2,1-3H3,(H,15,16). The summed E-state index contributed by atoms with van der Waals surface area (Å²) in [7, 11) is -3.50. The molecule has 2 rings (SSSR count). The van der Waals surface area contributed by atoms with Crippen molar-refractivity contribution >= 4 is 27.2 Å². The van der Waals surface area contributed by atoms with E-state index in [9.17, 15) is 18.0 Å². The molecule has 0 radical (unpaired) electrons. The molecule has 6 heteroatoms. The van der Waals surface area contributed by atoms with Gasteiger partial charge in [0.25, 0.3) is 0 Å². The van der Waals surface area contributed by atoms with Crippen molar-refractivity contribution in [3.8, 4) is 0 Å². The van der Waals surface area contributed by atoms with Gasteiger partial charge in [-0.05, 0) is 44.0 Å². The fourth-order valence-electron chi connectivity index (χ4n) is 2.04. The molecular weight excluding hydrogens is 278 g/mol. The number of anilines is 1. The number of Topliss-reactive ketones (excluding diaryl/α,β-unsaturated/α-hetero) is 1. The third kappa shape index (κ3) is 2.47. The second-order valence-electron chi connectivity index (χ2n) is 5.53. The second kappa shape index (κ2) is 4.70. The summed E-state index contributed by atoms with van der Waals surface area (Å²) in [5.74, 6) is -0.479.